The Bertz CT molecular complexity index is 1020. The molecule has 0 saturated carbocycles. The zero-order chi connectivity index (χ0) is 17.2. The van der Waals surface area contributed by atoms with Gasteiger partial charge in [-0.2, -0.15) is 0 Å². The topological polar surface area (TPSA) is 76.5 Å². The minimum absolute atomic E-state index is 0.0247. The van der Waals surface area contributed by atoms with Crippen LogP contribution in [-0.2, 0) is 7.05 Å². The Morgan fingerprint density at radius 2 is 1.88 bits per heavy atom. The molecule has 4 aromatic rings. The lowest BCUT2D eigenvalue weighted by Crippen LogP contribution is -2.11. The zero-order valence-electron chi connectivity index (χ0n) is 13.5. The van der Waals surface area contributed by atoms with Crippen LogP contribution in [0.3, 0.4) is 0 Å². The molecule has 0 fully saturated rings. The van der Waals surface area contributed by atoms with Crippen LogP contribution in [0.4, 0.5) is 0 Å². The maximum atomic E-state index is 13.3. The molecular weight excluding hydrogens is 334 g/mol. The van der Waals surface area contributed by atoms with E-state index in [1.165, 1.54) is 11.8 Å². The van der Waals surface area contributed by atoms with E-state index in [4.69, 9.17) is 0 Å². The Morgan fingerprint density at radius 3 is 2.64 bits per heavy atom. The minimum Gasteiger partial charge on any atom is -0.360 e. The Labute approximate surface area is 148 Å². The van der Waals surface area contributed by atoms with Crippen LogP contribution in [0.15, 0.2) is 66.0 Å². The first-order chi connectivity index (χ1) is 12.2. The number of H-pyrrole nitrogens is 1. The van der Waals surface area contributed by atoms with Crippen LogP contribution in [0.2, 0.25) is 0 Å². The van der Waals surface area contributed by atoms with Crippen molar-refractivity contribution in [3.63, 3.8) is 0 Å². The van der Waals surface area contributed by atoms with E-state index < -0.39 is 5.25 Å². The van der Waals surface area contributed by atoms with Gasteiger partial charge < -0.3 is 4.98 Å². The number of fused-ring (bicyclic) bond motifs is 1. The number of hydrogen-bond acceptors (Lipinski definition) is 5. The Hall–Kier alpha value is -2.93. The summed E-state index contributed by atoms with van der Waals surface area (Å²) < 4.78 is 1.57. The number of rotatable bonds is 5. The van der Waals surface area contributed by atoms with Crippen molar-refractivity contribution in [1.29, 1.82) is 0 Å². The van der Waals surface area contributed by atoms with Crippen molar-refractivity contribution >= 4 is 28.4 Å². The van der Waals surface area contributed by atoms with Gasteiger partial charge in [-0.1, -0.05) is 60.3 Å². The lowest BCUT2D eigenvalue weighted by molar-refractivity contribution is 0.0991. The van der Waals surface area contributed by atoms with E-state index in [9.17, 15) is 4.79 Å². The molecule has 1 unspecified atom stereocenters. The SMILES string of the molecule is Cn1nnnc1SC(C(=O)c1c[nH]c2ccccc12)c1ccccc1. The van der Waals surface area contributed by atoms with Gasteiger partial charge in [0.25, 0.3) is 0 Å². The summed E-state index contributed by atoms with van der Waals surface area (Å²) in [6.45, 7) is 0. The van der Waals surface area contributed by atoms with E-state index in [0.29, 0.717) is 10.7 Å². The number of benzene rings is 2. The predicted octanol–water partition coefficient (Wildman–Crippen LogP) is 3.41. The first kappa shape index (κ1) is 15.6. The zero-order valence-corrected chi connectivity index (χ0v) is 14.3. The molecule has 2 aromatic carbocycles. The first-order valence-corrected chi connectivity index (χ1v) is 8.66. The van der Waals surface area contributed by atoms with Crippen molar-refractivity contribution in [2.75, 3.05) is 0 Å². The van der Waals surface area contributed by atoms with Crippen molar-refractivity contribution in [2.24, 2.45) is 7.05 Å². The number of nitrogens with one attached hydrogen (secondary N) is 1. The highest BCUT2D eigenvalue weighted by Gasteiger charge is 2.27. The second-order valence-corrected chi connectivity index (χ2v) is 6.68. The van der Waals surface area contributed by atoms with E-state index >= 15 is 0 Å². The van der Waals surface area contributed by atoms with Crippen LogP contribution < -0.4 is 0 Å². The summed E-state index contributed by atoms with van der Waals surface area (Å²) in [4.78, 5) is 16.5. The number of aromatic nitrogens is 5. The van der Waals surface area contributed by atoms with Crippen molar-refractivity contribution in [2.45, 2.75) is 10.4 Å². The number of aryl methyl sites for hydroxylation is 1. The van der Waals surface area contributed by atoms with Gasteiger partial charge in [-0.15, -0.1) is 5.10 Å². The van der Waals surface area contributed by atoms with Gasteiger partial charge in [0.05, 0.1) is 0 Å². The van der Waals surface area contributed by atoms with Gasteiger partial charge in [-0.3, -0.25) is 4.79 Å². The minimum atomic E-state index is -0.426. The summed E-state index contributed by atoms with van der Waals surface area (Å²) in [5.41, 5.74) is 2.54. The molecule has 0 aliphatic rings. The summed E-state index contributed by atoms with van der Waals surface area (Å²) in [6, 6.07) is 17.5. The second-order valence-electron chi connectivity index (χ2n) is 5.61. The number of hydrogen-bond donors (Lipinski definition) is 1. The van der Waals surface area contributed by atoms with Gasteiger partial charge >= 0.3 is 0 Å². The van der Waals surface area contributed by atoms with E-state index in [2.05, 4.69) is 20.5 Å². The molecule has 0 aliphatic heterocycles. The molecule has 6 nitrogen and oxygen atoms in total. The molecular formula is C18H15N5OS. The van der Waals surface area contributed by atoms with Crippen LogP contribution in [0.1, 0.15) is 21.2 Å². The molecule has 0 bridgehead atoms. The Morgan fingerprint density at radius 1 is 1.12 bits per heavy atom. The molecule has 1 N–H and O–H groups in total. The van der Waals surface area contributed by atoms with Crippen LogP contribution in [-0.4, -0.2) is 31.0 Å². The van der Waals surface area contributed by atoms with Gasteiger partial charge in [0.2, 0.25) is 5.16 Å². The highest BCUT2D eigenvalue weighted by atomic mass is 32.2. The monoisotopic (exact) mass is 349 g/mol. The molecule has 0 saturated heterocycles. The average Bonchev–Trinajstić information content (AvgIpc) is 3.26. The quantitative estimate of drug-likeness (QED) is 0.441. The summed E-state index contributed by atoms with van der Waals surface area (Å²) >= 11 is 1.35. The van der Waals surface area contributed by atoms with Gasteiger partial charge in [0.1, 0.15) is 5.25 Å². The molecule has 0 spiro atoms. The third-order valence-corrected chi connectivity index (χ3v) is 5.28. The molecule has 1 atom stereocenters. The molecule has 7 heteroatoms. The van der Waals surface area contributed by atoms with Crippen molar-refractivity contribution < 1.29 is 4.79 Å². The highest BCUT2D eigenvalue weighted by molar-refractivity contribution is 8.00. The van der Waals surface area contributed by atoms with Gasteiger partial charge in [-0.25, -0.2) is 4.68 Å². The summed E-state index contributed by atoms with van der Waals surface area (Å²) in [6.07, 6.45) is 1.78. The lowest BCUT2D eigenvalue weighted by atomic mass is 10.0. The van der Waals surface area contributed by atoms with Crippen molar-refractivity contribution in [3.8, 4) is 0 Å². The fourth-order valence-corrected chi connectivity index (χ4v) is 3.75. The van der Waals surface area contributed by atoms with E-state index in [0.717, 1.165) is 16.5 Å². The number of para-hydroxylation sites is 1. The standard InChI is InChI=1S/C18H15N5OS/c1-23-18(20-21-22-23)25-17(12-7-3-2-4-8-12)16(24)14-11-19-15-10-6-5-9-13(14)15/h2-11,17,19H,1H3. The molecule has 0 aliphatic carbocycles. The Balaban J connectivity index is 1.77. The lowest BCUT2D eigenvalue weighted by Gasteiger charge is -2.14. The number of tetrazole rings is 1. The van der Waals surface area contributed by atoms with Gasteiger partial charge in [0, 0.05) is 29.7 Å². The summed E-state index contributed by atoms with van der Waals surface area (Å²) in [7, 11) is 1.76. The number of carbonyl (C=O) groups excluding carboxylic acids is 1. The third kappa shape index (κ3) is 2.94. The molecule has 2 heterocycles. The molecule has 2 aromatic heterocycles. The highest BCUT2D eigenvalue weighted by Crippen LogP contribution is 2.37. The van der Waals surface area contributed by atoms with E-state index in [1.54, 1.807) is 17.9 Å². The molecule has 0 amide bonds. The molecule has 25 heavy (non-hydrogen) atoms. The van der Waals surface area contributed by atoms with E-state index in [-0.39, 0.29) is 5.78 Å². The van der Waals surface area contributed by atoms with Crippen LogP contribution >= 0.6 is 11.8 Å². The predicted molar refractivity (Wildman–Crippen MR) is 96.5 cm³/mol. The fourth-order valence-electron chi connectivity index (χ4n) is 2.74. The van der Waals surface area contributed by atoms with Crippen molar-refractivity contribution in [1.82, 2.24) is 25.2 Å². The molecule has 0 radical (unpaired) electrons. The maximum absolute atomic E-state index is 13.3. The molecule has 4 rings (SSSR count). The van der Waals surface area contributed by atoms with Crippen LogP contribution in [0.25, 0.3) is 10.9 Å². The van der Waals surface area contributed by atoms with Gasteiger partial charge in [-0.05, 0) is 22.1 Å². The van der Waals surface area contributed by atoms with Crippen molar-refractivity contribution in [3.05, 3.63) is 71.9 Å². The van der Waals surface area contributed by atoms with Crippen LogP contribution in [0.5, 0.6) is 0 Å². The largest absolute Gasteiger partial charge is 0.360 e. The number of nitrogens with zero attached hydrogens (tertiary/aromatic N) is 4. The summed E-state index contributed by atoms with van der Waals surface area (Å²) in [5.74, 6) is 0.0247. The number of carbonyl (C=O) groups is 1. The van der Waals surface area contributed by atoms with Gasteiger partial charge in [0.15, 0.2) is 5.78 Å². The second kappa shape index (κ2) is 6.52. The number of aromatic amines is 1. The maximum Gasteiger partial charge on any atom is 0.210 e. The Kier molecular flexibility index (Phi) is 4.07. The third-order valence-electron chi connectivity index (χ3n) is 4.00. The summed E-state index contributed by atoms with van der Waals surface area (Å²) in [5, 5.41) is 12.6. The molecule has 124 valence electrons. The number of Topliss-reactive ketones (excluding diaryl/α,β-unsaturated/α-hetero) is 1. The fraction of sp³-hybridized carbons (Fsp3) is 0.111. The smallest absolute Gasteiger partial charge is 0.210 e. The number of ketones is 1. The number of thioether (sulfide) groups is 1. The normalized spacial score (nSPS) is 12.4. The van der Waals surface area contributed by atoms with Crippen LogP contribution in [0, 0.1) is 0 Å². The first-order valence-electron chi connectivity index (χ1n) is 7.78. The average molecular weight is 349 g/mol. The van der Waals surface area contributed by atoms with E-state index in [1.807, 2.05) is 54.6 Å².